The van der Waals surface area contributed by atoms with Crippen LogP contribution in [-0.2, 0) is 25.7 Å². The number of fused-ring (bicyclic) bond motifs is 1. The summed E-state index contributed by atoms with van der Waals surface area (Å²) in [5, 5.41) is 9.43. The lowest BCUT2D eigenvalue weighted by Gasteiger charge is -2.25. The Hall–Kier alpha value is -4.64. The van der Waals surface area contributed by atoms with E-state index in [1.54, 1.807) is 24.3 Å². The topological polar surface area (TPSA) is 105 Å². The van der Waals surface area contributed by atoms with Crippen LogP contribution in [0.25, 0.3) is 5.69 Å². The van der Waals surface area contributed by atoms with Crippen LogP contribution in [0.4, 0.5) is 24.5 Å². The van der Waals surface area contributed by atoms with Crippen molar-refractivity contribution < 1.29 is 22.8 Å². The van der Waals surface area contributed by atoms with Gasteiger partial charge in [0.15, 0.2) is 5.69 Å². The maximum Gasteiger partial charge on any atom is 0.435 e. The van der Waals surface area contributed by atoms with Crippen LogP contribution in [0, 0.1) is 0 Å². The first kappa shape index (κ1) is 26.9. The first-order chi connectivity index (χ1) is 19.1. The zero-order chi connectivity index (χ0) is 28.4. The van der Waals surface area contributed by atoms with Crippen molar-refractivity contribution in [1.82, 2.24) is 20.0 Å². The molecule has 2 heterocycles. The SMILES string of the molecule is CN1CCc2ccc(NC(=O)c3cccc(CNC(=O)c4ccc(-n5ncc(N)c5C(F)(F)F)cc4)c3)cc2C1. The molecule has 1 aliphatic rings. The largest absolute Gasteiger partial charge is 0.435 e. The minimum Gasteiger partial charge on any atom is -0.396 e. The number of rotatable bonds is 6. The second kappa shape index (κ2) is 10.9. The number of hydrogen-bond acceptors (Lipinski definition) is 5. The van der Waals surface area contributed by atoms with E-state index in [4.69, 9.17) is 5.73 Å². The number of nitrogen functional groups attached to an aromatic ring is 1. The number of amides is 2. The average molecular weight is 549 g/mol. The minimum absolute atomic E-state index is 0.116. The molecule has 2 amide bonds. The van der Waals surface area contributed by atoms with Crippen LogP contribution in [0.2, 0.25) is 0 Å². The highest BCUT2D eigenvalue weighted by molar-refractivity contribution is 6.04. The van der Waals surface area contributed by atoms with Crippen LogP contribution in [0.1, 0.15) is 43.1 Å². The monoisotopic (exact) mass is 548 g/mol. The summed E-state index contributed by atoms with van der Waals surface area (Å²) in [4.78, 5) is 27.8. The van der Waals surface area contributed by atoms with E-state index in [0.29, 0.717) is 15.8 Å². The second-order valence-electron chi connectivity index (χ2n) is 9.71. The molecule has 0 spiro atoms. The molecule has 0 unspecified atom stereocenters. The summed E-state index contributed by atoms with van der Waals surface area (Å²) in [6.45, 7) is 2.00. The molecule has 40 heavy (non-hydrogen) atoms. The van der Waals surface area contributed by atoms with Crippen LogP contribution in [0.15, 0.2) is 72.9 Å². The number of halogens is 3. The predicted molar refractivity (Wildman–Crippen MR) is 145 cm³/mol. The summed E-state index contributed by atoms with van der Waals surface area (Å²) in [7, 11) is 2.07. The predicted octanol–water partition coefficient (Wildman–Crippen LogP) is 4.64. The van der Waals surface area contributed by atoms with Gasteiger partial charge in [-0.25, -0.2) is 4.68 Å². The Kier molecular flexibility index (Phi) is 7.31. The van der Waals surface area contributed by atoms with Crippen molar-refractivity contribution in [2.75, 3.05) is 24.6 Å². The van der Waals surface area contributed by atoms with Gasteiger partial charge >= 0.3 is 6.18 Å². The van der Waals surface area contributed by atoms with E-state index in [9.17, 15) is 22.8 Å². The number of anilines is 2. The Morgan fingerprint density at radius 3 is 2.50 bits per heavy atom. The fourth-order valence-electron chi connectivity index (χ4n) is 4.68. The number of nitrogens with zero attached hydrogens (tertiary/aromatic N) is 3. The summed E-state index contributed by atoms with van der Waals surface area (Å²) in [6.07, 6.45) is -2.76. The Morgan fingerprint density at radius 1 is 0.975 bits per heavy atom. The summed E-state index contributed by atoms with van der Waals surface area (Å²) in [5.74, 6) is -0.679. The number of carbonyl (C=O) groups excluding carboxylic acids is 2. The highest BCUT2D eigenvalue weighted by atomic mass is 19.4. The van der Waals surface area contributed by atoms with Crippen molar-refractivity contribution in [2.24, 2.45) is 0 Å². The molecule has 5 rings (SSSR count). The van der Waals surface area contributed by atoms with E-state index >= 15 is 0 Å². The molecule has 3 aromatic carbocycles. The fourth-order valence-corrected chi connectivity index (χ4v) is 4.68. The number of nitrogens with one attached hydrogen (secondary N) is 2. The summed E-state index contributed by atoms with van der Waals surface area (Å²) in [6, 6.07) is 18.4. The normalized spacial score (nSPS) is 13.5. The third-order valence-corrected chi connectivity index (χ3v) is 6.75. The van der Waals surface area contributed by atoms with Gasteiger partial charge in [-0.3, -0.25) is 9.59 Å². The van der Waals surface area contributed by atoms with Crippen LogP contribution >= 0.6 is 0 Å². The molecule has 0 atom stereocenters. The Morgan fingerprint density at radius 2 is 1.75 bits per heavy atom. The van der Waals surface area contributed by atoms with Gasteiger partial charge < -0.3 is 21.3 Å². The van der Waals surface area contributed by atoms with E-state index in [0.717, 1.165) is 31.4 Å². The van der Waals surface area contributed by atoms with Gasteiger partial charge in [-0.1, -0.05) is 18.2 Å². The number of benzene rings is 3. The summed E-state index contributed by atoms with van der Waals surface area (Å²) in [5.41, 5.74) is 8.63. The van der Waals surface area contributed by atoms with Gasteiger partial charge in [-0.15, -0.1) is 0 Å². The Labute approximate surface area is 228 Å². The van der Waals surface area contributed by atoms with Gasteiger partial charge in [-0.05, 0) is 78.7 Å². The lowest BCUT2D eigenvalue weighted by atomic mass is 9.99. The molecule has 0 bridgehead atoms. The second-order valence-corrected chi connectivity index (χ2v) is 9.71. The first-order valence-corrected chi connectivity index (χ1v) is 12.6. The highest BCUT2D eigenvalue weighted by Gasteiger charge is 2.38. The maximum absolute atomic E-state index is 13.3. The molecule has 0 fully saturated rings. The van der Waals surface area contributed by atoms with Crippen molar-refractivity contribution in [2.45, 2.75) is 25.7 Å². The molecule has 1 aliphatic heterocycles. The van der Waals surface area contributed by atoms with Crippen LogP contribution in [-0.4, -0.2) is 40.1 Å². The van der Waals surface area contributed by atoms with E-state index < -0.39 is 23.5 Å². The van der Waals surface area contributed by atoms with Crippen molar-refractivity contribution in [3.8, 4) is 5.69 Å². The number of alkyl halides is 3. The lowest BCUT2D eigenvalue weighted by molar-refractivity contribution is -0.142. The molecule has 8 nitrogen and oxygen atoms in total. The van der Waals surface area contributed by atoms with Gasteiger partial charge in [0.05, 0.1) is 17.6 Å². The number of carbonyl (C=O) groups is 2. The van der Waals surface area contributed by atoms with E-state index in [1.165, 1.54) is 35.4 Å². The Balaban J connectivity index is 1.21. The summed E-state index contributed by atoms with van der Waals surface area (Å²) < 4.78 is 40.7. The van der Waals surface area contributed by atoms with Crippen molar-refractivity contribution >= 4 is 23.2 Å². The third-order valence-electron chi connectivity index (χ3n) is 6.75. The third kappa shape index (κ3) is 5.84. The van der Waals surface area contributed by atoms with Gasteiger partial charge in [-0.2, -0.15) is 18.3 Å². The maximum atomic E-state index is 13.3. The van der Waals surface area contributed by atoms with Crippen molar-refractivity contribution in [3.05, 3.63) is 106 Å². The van der Waals surface area contributed by atoms with Gasteiger partial charge in [0.1, 0.15) is 0 Å². The number of nitrogens with two attached hydrogens (primary N) is 1. The van der Waals surface area contributed by atoms with Crippen LogP contribution in [0.3, 0.4) is 0 Å². The lowest BCUT2D eigenvalue weighted by Crippen LogP contribution is -2.26. The summed E-state index contributed by atoms with van der Waals surface area (Å²) >= 11 is 0. The molecule has 0 aliphatic carbocycles. The van der Waals surface area contributed by atoms with Crippen molar-refractivity contribution in [3.63, 3.8) is 0 Å². The molecule has 206 valence electrons. The molecular weight excluding hydrogens is 521 g/mol. The molecule has 1 aromatic heterocycles. The molecule has 0 saturated carbocycles. The molecule has 11 heteroatoms. The quantitative estimate of drug-likeness (QED) is 0.326. The zero-order valence-corrected chi connectivity index (χ0v) is 21.6. The smallest absolute Gasteiger partial charge is 0.396 e. The Bertz CT molecular complexity index is 1560. The minimum atomic E-state index is -4.68. The molecule has 0 saturated heterocycles. The number of hydrogen-bond donors (Lipinski definition) is 3. The fraction of sp³-hybridized carbons (Fsp3) is 0.207. The molecule has 0 radical (unpaired) electrons. The van der Waals surface area contributed by atoms with Crippen LogP contribution in [0.5, 0.6) is 0 Å². The van der Waals surface area contributed by atoms with E-state index in [-0.39, 0.29) is 23.7 Å². The number of likely N-dealkylation sites (N-methyl/N-ethyl adjacent to an activating group) is 1. The van der Waals surface area contributed by atoms with Gasteiger partial charge in [0, 0.05) is 36.4 Å². The zero-order valence-electron chi connectivity index (χ0n) is 21.6. The first-order valence-electron chi connectivity index (χ1n) is 12.6. The van der Waals surface area contributed by atoms with E-state index in [1.807, 2.05) is 12.1 Å². The molecular formula is C29H27F3N6O2. The standard InChI is InChI=1S/C29H27F3N6O2/c1-37-12-11-19-5-8-23(14-22(19)17-37)36-28(40)21-4-2-3-18(13-21)15-34-27(39)20-6-9-24(10-7-20)38-26(29(30,31)32)25(33)16-35-38/h2-10,13-14,16H,11-12,15,17,33H2,1H3,(H,34,39)(H,36,40). The molecule has 4 aromatic rings. The number of aromatic nitrogens is 2. The van der Waals surface area contributed by atoms with Crippen LogP contribution < -0.4 is 16.4 Å². The van der Waals surface area contributed by atoms with Gasteiger partial charge in [0.2, 0.25) is 0 Å². The highest BCUT2D eigenvalue weighted by Crippen LogP contribution is 2.34. The van der Waals surface area contributed by atoms with Crippen molar-refractivity contribution in [1.29, 1.82) is 0 Å². The average Bonchev–Trinajstić information content (AvgIpc) is 3.33. The van der Waals surface area contributed by atoms with Gasteiger partial charge in [0.25, 0.3) is 11.8 Å². The van der Waals surface area contributed by atoms with E-state index in [2.05, 4.69) is 33.7 Å². The molecule has 4 N–H and O–H groups in total.